The molecule has 4 atom stereocenters. The van der Waals surface area contributed by atoms with Gasteiger partial charge in [0.2, 0.25) is 24.0 Å². The number of rotatable bonds is 9. The third-order valence-corrected chi connectivity index (χ3v) is 7.21. The van der Waals surface area contributed by atoms with E-state index in [4.69, 9.17) is 21.1 Å². The average molecular weight is 585 g/mol. The van der Waals surface area contributed by atoms with Crippen LogP contribution in [0.3, 0.4) is 0 Å². The molecule has 2 aromatic rings. The van der Waals surface area contributed by atoms with E-state index in [9.17, 15) is 24.0 Å². The van der Waals surface area contributed by atoms with Crippen LogP contribution in [0.4, 0.5) is 5.69 Å². The highest BCUT2D eigenvalue weighted by molar-refractivity contribution is 6.34. The van der Waals surface area contributed by atoms with E-state index in [1.54, 1.807) is 6.92 Å². The molecule has 0 spiro atoms. The van der Waals surface area contributed by atoms with E-state index in [1.165, 1.54) is 30.0 Å². The number of piperidine rings is 1. The molecule has 2 aliphatic rings. The summed E-state index contributed by atoms with van der Waals surface area (Å²) in [6, 6.07) is 11.4. The first-order valence-corrected chi connectivity index (χ1v) is 13.8. The Balaban J connectivity index is 1.36. The minimum absolute atomic E-state index is 0.0401. The van der Waals surface area contributed by atoms with Gasteiger partial charge in [0.15, 0.2) is 0 Å². The van der Waals surface area contributed by atoms with E-state index in [0.717, 1.165) is 12.0 Å². The van der Waals surface area contributed by atoms with E-state index < -0.39 is 48.1 Å². The lowest BCUT2D eigenvalue weighted by atomic mass is 9.99. The van der Waals surface area contributed by atoms with Crippen molar-refractivity contribution in [2.45, 2.75) is 70.6 Å². The molecule has 0 aliphatic carbocycles. The Morgan fingerprint density at radius 3 is 2.59 bits per heavy atom. The maximum absolute atomic E-state index is 13.4. The van der Waals surface area contributed by atoms with E-state index >= 15 is 0 Å². The van der Waals surface area contributed by atoms with Crippen molar-refractivity contribution in [3.05, 3.63) is 64.7 Å². The highest BCUT2D eigenvalue weighted by Crippen LogP contribution is 2.24. The van der Waals surface area contributed by atoms with Crippen LogP contribution in [-0.4, -0.2) is 65.5 Å². The number of nitrogens with one attached hydrogen (secondary N) is 3. The van der Waals surface area contributed by atoms with Crippen molar-refractivity contribution in [1.82, 2.24) is 15.5 Å². The summed E-state index contributed by atoms with van der Waals surface area (Å²) in [5, 5.41) is 8.26. The molecule has 2 heterocycles. The SMILES string of the molecule is CC(=O)Nc1ccc(C(=O)N[C@@H](C)C(=O)N2CCCC[C@H]2C(=O)N[C@H]2CC(=O)OC2OCc2ccccc2)cc1Cl. The number of carbonyl (C=O) groups excluding carboxylic acids is 5. The Kier molecular flexibility index (Phi) is 9.95. The Bertz CT molecular complexity index is 1310. The molecule has 11 nitrogen and oxygen atoms in total. The third kappa shape index (κ3) is 7.83. The van der Waals surface area contributed by atoms with Gasteiger partial charge in [-0.2, -0.15) is 0 Å². The minimum Gasteiger partial charge on any atom is -0.433 e. The largest absolute Gasteiger partial charge is 0.433 e. The lowest BCUT2D eigenvalue weighted by Gasteiger charge is -2.37. The summed E-state index contributed by atoms with van der Waals surface area (Å²) >= 11 is 6.18. The van der Waals surface area contributed by atoms with E-state index in [-0.39, 0.29) is 29.5 Å². The monoisotopic (exact) mass is 584 g/mol. The number of esters is 1. The highest BCUT2D eigenvalue weighted by atomic mass is 35.5. The Labute approximate surface area is 242 Å². The molecule has 1 unspecified atom stereocenters. The molecule has 2 fully saturated rings. The van der Waals surface area contributed by atoms with Gasteiger partial charge in [-0.3, -0.25) is 24.0 Å². The number of benzene rings is 2. The number of hydrogen-bond acceptors (Lipinski definition) is 7. The van der Waals surface area contributed by atoms with Crippen molar-refractivity contribution in [1.29, 1.82) is 0 Å². The van der Waals surface area contributed by atoms with Crippen LogP contribution in [0.1, 0.15) is 55.5 Å². The maximum Gasteiger partial charge on any atom is 0.310 e. The number of carbonyl (C=O) groups is 5. The molecular formula is C29H33ClN4O7. The summed E-state index contributed by atoms with van der Waals surface area (Å²) < 4.78 is 11.1. The summed E-state index contributed by atoms with van der Waals surface area (Å²) in [5.74, 6) is -2.12. The van der Waals surface area contributed by atoms with Gasteiger partial charge in [-0.1, -0.05) is 41.9 Å². The fraction of sp³-hybridized carbons (Fsp3) is 0.414. The summed E-state index contributed by atoms with van der Waals surface area (Å²) in [6.45, 7) is 3.45. The standard InChI is InChI=1S/C29H33ClN4O7/c1-17(31-26(37)20-11-12-22(21(30)14-20)32-18(2)35)28(39)34-13-7-6-10-24(34)27(38)33-23-15-25(36)41-29(23)40-16-19-8-4-3-5-9-19/h3-5,8-9,11-12,14,17,23-24,29H,6-7,10,13,15-16H2,1-2H3,(H,31,37)(H,32,35)(H,33,38)/t17-,23-,24-,29?/m0/s1. The van der Waals surface area contributed by atoms with Gasteiger partial charge in [-0.05, 0) is 49.9 Å². The van der Waals surface area contributed by atoms with Gasteiger partial charge >= 0.3 is 5.97 Å². The lowest BCUT2D eigenvalue weighted by Crippen LogP contribution is -2.58. The number of anilines is 1. The van der Waals surface area contributed by atoms with Crippen LogP contribution in [0.25, 0.3) is 0 Å². The summed E-state index contributed by atoms with van der Waals surface area (Å²) in [7, 11) is 0. The Morgan fingerprint density at radius 1 is 1.12 bits per heavy atom. The first kappa shape index (κ1) is 30.0. The van der Waals surface area contributed by atoms with Gasteiger partial charge in [0, 0.05) is 19.0 Å². The van der Waals surface area contributed by atoms with Crippen LogP contribution in [0.2, 0.25) is 5.02 Å². The van der Waals surface area contributed by atoms with Gasteiger partial charge in [0.25, 0.3) is 5.91 Å². The Morgan fingerprint density at radius 2 is 1.88 bits per heavy atom. The van der Waals surface area contributed by atoms with Crippen LogP contribution >= 0.6 is 11.6 Å². The second kappa shape index (κ2) is 13.6. The predicted octanol–water partition coefficient (Wildman–Crippen LogP) is 2.77. The lowest BCUT2D eigenvalue weighted by molar-refractivity contribution is -0.168. The van der Waals surface area contributed by atoms with Crippen LogP contribution < -0.4 is 16.0 Å². The second-order valence-electron chi connectivity index (χ2n) is 10.1. The molecule has 0 aromatic heterocycles. The van der Waals surface area contributed by atoms with Crippen molar-refractivity contribution >= 4 is 46.9 Å². The van der Waals surface area contributed by atoms with Crippen molar-refractivity contribution < 1.29 is 33.4 Å². The van der Waals surface area contributed by atoms with E-state index in [0.29, 0.717) is 25.1 Å². The first-order valence-electron chi connectivity index (χ1n) is 13.5. The molecule has 2 aliphatic heterocycles. The van der Waals surface area contributed by atoms with Gasteiger partial charge < -0.3 is 30.3 Å². The molecule has 2 saturated heterocycles. The van der Waals surface area contributed by atoms with Crippen molar-refractivity contribution in [2.24, 2.45) is 0 Å². The number of amides is 4. The smallest absolute Gasteiger partial charge is 0.310 e. The molecule has 3 N–H and O–H groups in total. The number of likely N-dealkylation sites (tertiary alicyclic amines) is 1. The number of hydrogen-bond donors (Lipinski definition) is 3. The van der Waals surface area contributed by atoms with Gasteiger partial charge in [0.05, 0.1) is 23.7 Å². The van der Waals surface area contributed by atoms with E-state index in [2.05, 4.69) is 16.0 Å². The first-order chi connectivity index (χ1) is 19.6. The number of nitrogens with zero attached hydrogens (tertiary/aromatic N) is 1. The average Bonchev–Trinajstić information content (AvgIpc) is 3.31. The number of halogens is 1. The quantitative estimate of drug-likeness (QED) is 0.385. The predicted molar refractivity (Wildman–Crippen MR) is 150 cm³/mol. The van der Waals surface area contributed by atoms with Gasteiger partial charge in [0.1, 0.15) is 18.1 Å². The number of ether oxygens (including phenoxy) is 2. The molecule has 2 aromatic carbocycles. The summed E-state index contributed by atoms with van der Waals surface area (Å²) in [6.07, 6.45) is 0.915. The third-order valence-electron chi connectivity index (χ3n) is 6.90. The van der Waals surface area contributed by atoms with Crippen molar-refractivity contribution in [3.8, 4) is 0 Å². The topological polar surface area (TPSA) is 143 Å². The maximum atomic E-state index is 13.4. The molecule has 0 bridgehead atoms. The zero-order valence-electron chi connectivity index (χ0n) is 22.9. The van der Waals surface area contributed by atoms with Gasteiger partial charge in [-0.25, -0.2) is 0 Å². The fourth-order valence-electron chi connectivity index (χ4n) is 4.84. The molecule has 0 radical (unpaired) electrons. The van der Waals surface area contributed by atoms with Crippen molar-refractivity contribution in [3.63, 3.8) is 0 Å². The van der Waals surface area contributed by atoms with Crippen LogP contribution in [0.5, 0.6) is 0 Å². The molecule has 4 rings (SSSR count). The zero-order chi connectivity index (χ0) is 29.5. The number of cyclic esters (lactones) is 1. The second-order valence-corrected chi connectivity index (χ2v) is 10.5. The molecule has 12 heteroatoms. The van der Waals surface area contributed by atoms with Crippen LogP contribution in [-0.2, 0) is 35.3 Å². The molecule has 0 saturated carbocycles. The Hall–Kier alpha value is -3.96. The summed E-state index contributed by atoms with van der Waals surface area (Å²) in [5.41, 5.74) is 1.47. The van der Waals surface area contributed by atoms with E-state index in [1.807, 2.05) is 30.3 Å². The minimum atomic E-state index is -0.943. The molecule has 41 heavy (non-hydrogen) atoms. The normalized spacial score (nSPS) is 21.0. The van der Waals surface area contributed by atoms with Gasteiger partial charge in [-0.15, -0.1) is 0 Å². The highest BCUT2D eigenvalue weighted by Gasteiger charge is 2.40. The fourth-order valence-corrected chi connectivity index (χ4v) is 5.07. The van der Waals surface area contributed by atoms with Crippen LogP contribution in [0, 0.1) is 0 Å². The van der Waals surface area contributed by atoms with Crippen LogP contribution in [0.15, 0.2) is 48.5 Å². The zero-order valence-corrected chi connectivity index (χ0v) is 23.6. The molecular weight excluding hydrogens is 552 g/mol. The molecule has 218 valence electrons. The summed E-state index contributed by atoms with van der Waals surface area (Å²) in [4.78, 5) is 64.3. The molecule has 4 amide bonds. The van der Waals surface area contributed by atoms with Crippen molar-refractivity contribution in [2.75, 3.05) is 11.9 Å².